The number of hydrogen-bond donors (Lipinski definition) is 3. The topological polar surface area (TPSA) is 92.4 Å². The lowest BCUT2D eigenvalue weighted by molar-refractivity contribution is -0.141. The molecule has 0 aromatic heterocycles. The number of carboxylic acids is 1. The monoisotopic (exact) mass is 262 g/mol. The molecule has 1 rings (SSSR count). The van der Waals surface area contributed by atoms with Gasteiger partial charge in [-0.05, 0) is 12.0 Å². The maximum Gasteiger partial charge on any atom is 0.326 e. The molecule has 102 valence electrons. The predicted molar refractivity (Wildman–Crippen MR) is 72.5 cm³/mol. The van der Waals surface area contributed by atoms with Crippen LogP contribution in [0.5, 0.6) is 0 Å². The molecule has 1 aromatic carbocycles. The minimum atomic E-state index is -1.08. The van der Waals surface area contributed by atoms with Gasteiger partial charge in [0, 0.05) is 6.42 Å². The van der Waals surface area contributed by atoms with E-state index in [-0.39, 0.29) is 6.42 Å². The summed E-state index contributed by atoms with van der Waals surface area (Å²) >= 11 is 0. The highest BCUT2D eigenvalue weighted by Crippen LogP contribution is 2.04. The van der Waals surface area contributed by atoms with E-state index in [0.29, 0.717) is 6.42 Å². The molecule has 0 saturated heterocycles. The summed E-state index contributed by atoms with van der Waals surface area (Å²) in [4.78, 5) is 22.8. The van der Waals surface area contributed by atoms with Crippen LogP contribution in [0.4, 0.5) is 0 Å². The Labute approximate surface area is 112 Å². The quantitative estimate of drug-likeness (QED) is 0.631. The molecule has 0 radical (unpaired) electrons. The molecule has 5 heteroatoms. The van der Waals surface area contributed by atoms with Crippen LogP contribution in [-0.2, 0) is 16.0 Å². The van der Waals surface area contributed by atoms with Crippen LogP contribution in [0.25, 0.3) is 0 Å². The number of amides is 1. The van der Waals surface area contributed by atoms with Crippen molar-refractivity contribution in [3.05, 3.63) is 48.6 Å². The van der Waals surface area contributed by atoms with E-state index in [4.69, 9.17) is 10.8 Å². The lowest BCUT2D eigenvalue weighted by atomic mass is 10.1. The molecule has 2 unspecified atom stereocenters. The maximum absolute atomic E-state index is 11.7. The van der Waals surface area contributed by atoms with E-state index in [1.165, 1.54) is 6.08 Å². The largest absolute Gasteiger partial charge is 0.480 e. The van der Waals surface area contributed by atoms with Gasteiger partial charge in [0.1, 0.15) is 6.04 Å². The zero-order chi connectivity index (χ0) is 14.3. The smallest absolute Gasteiger partial charge is 0.326 e. The molecular formula is C14H18N2O3. The molecule has 0 bridgehead atoms. The number of carbonyl (C=O) groups excluding carboxylic acids is 1. The fourth-order valence-electron chi connectivity index (χ4n) is 1.62. The van der Waals surface area contributed by atoms with Crippen molar-refractivity contribution < 1.29 is 14.7 Å². The van der Waals surface area contributed by atoms with Crippen LogP contribution in [0.1, 0.15) is 12.0 Å². The van der Waals surface area contributed by atoms with Crippen LogP contribution in [-0.4, -0.2) is 29.1 Å². The second-order valence-electron chi connectivity index (χ2n) is 4.22. The fourth-order valence-corrected chi connectivity index (χ4v) is 1.62. The summed E-state index contributed by atoms with van der Waals surface area (Å²) in [6.07, 6.45) is 2.06. The molecule has 0 fully saturated rings. The van der Waals surface area contributed by atoms with Crippen molar-refractivity contribution in [1.82, 2.24) is 5.32 Å². The third-order valence-electron chi connectivity index (χ3n) is 2.65. The summed E-state index contributed by atoms with van der Waals surface area (Å²) in [7, 11) is 0. The number of carbonyl (C=O) groups is 2. The minimum absolute atomic E-state index is 0.225. The zero-order valence-electron chi connectivity index (χ0n) is 10.6. The van der Waals surface area contributed by atoms with Gasteiger partial charge in [0.15, 0.2) is 0 Å². The highest BCUT2D eigenvalue weighted by molar-refractivity contribution is 5.87. The normalized spacial score (nSPS) is 13.3. The van der Waals surface area contributed by atoms with Crippen LogP contribution in [0.3, 0.4) is 0 Å². The van der Waals surface area contributed by atoms with E-state index in [0.717, 1.165) is 5.56 Å². The van der Waals surface area contributed by atoms with Gasteiger partial charge in [-0.2, -0.15) is 0 Å². The summed E-state index contributed by atoms with van der Waals surface area (Å²) in [6, 6.07) is 7.36. The highest BCUT2D eigenvalue weighted by Gasteiger charge is 2.22. The van der Waals surface area contributed by atoms with E-state index >= 15 is 0 Å². The molecule has 0 heterocycles. The summed E-state index contributed by atoms with van der Waals surface area (Å²) in [5.74, 6) is -1.56. The van der Waals surface area contributed by atoms with Gasteiger partial charge >= 0.3 is 5.97 Å². The summed E-state index contributed by atoms with van der Waals surface area (Å²) in [6.45, 7) is 3.49. The van der Waals surface area contributed by atoms with Gasteiger partial charge in [0.2, 0.25) is 5.91 Å². The first-order valence-corrected chi connectivity index (χ1v) is 5.98. The molecule has 0 saturated carbocycles. The van der Waals surface area contributed by atoms with Crippen molar-refractivity contribution in [3.8, 4) is 0 Å². The lowest BCUT2D eigenvalue weighted by Crippen LogP contribution is -2.49. The average molecular weight is 262 g/mol. The third-order valence-corrected chi connectivity index (χ3v) is 2.65. The number of benzene rings is 1. The van der Waals surface area contributed by atoms with Crippen molar-refractivity contribution in [1.29, 1.82) is 0 Å². The van der Waals surface area contributed by atoms with Crippen LogP contribution in [0.2, 0.25) is 0 Å². The SMILES string of the molecule is C=CCC(N)C(=O)NC(Cc1ccccc1)C(=O)O. The standard InChI is InChI=1S/C14H18N2O3/c1-2-6-11(15)13(17)16-12(14(18)19)9-10-7-4-3-5-8-10/h2-5,7-8,11-12H,1,6,9,15H2,(H,16,17)(H,18,19). The second-order valence-corrected chi connectivity index (χ2v) is 4.22. The van der Waals surface area contributed by atoms with E-state index in [2.05, 4.69) is 11.9 Å². The molecule has 5 nitrogen and oxygen atoms in total. The Kier molecular flexibility index (Phi) is 5.75. The van der Waals surface area contributed by atoms with Gasteiger partial charge in [0.05, 0.1) is 6.04 Å². The molecule has 0 aliphatic carbocycles. The van der Waals surface area contributed by atoms with E-state index in [1.54, 1.807) is 0 Å². The van der Waals surface area contributed by atoms with Gasteiger partial charge in [-0.3, -0.25) is 4.79 Å². The fraction of sp³-hybridized carbons (Fsp3) is 0.286. The minimum Gasteiger partial charge on any atom is -0.480 e. The van der Waals surface area contributed by atoms with Gasteiger partial charge < -0.3 is 16.2 Å². The molecule has 1 amide bonds. The zero-order valence-corrected chi connectivity index (χ0v) is 10.6. The molecule has 0 aliphatic rings. The Morgan fingerprint density at radius 1 is 1.37 bits per heavy atom. The number of nitrogens with two attached hydrogens (primary N) is 1. The van der Waals surface area contributed by atoms with Crippen molar-refractivity contribution in [2.75, 3.05) is 0 Å². The van der Waals surface area contributed by atoms with E-state index in [9.17, 15) is 9.59 Å². The third kappa shape index (κ3) is 4.93. The first kappa shape index (κ1) is 14.9. The number of rotatable bonds is 7. The average Bonchev–Trinajstić information content (AvgIpc) is 2.39. The Hall–Kier alpha value is -2.14. The molecular weight excluding hydrogens is 244 g/mol. The number of aliphatic carboxylic acids is 1. The van der Waals surface area contributed by atoms with Crippen LogP contribution >= 0.6 is 0 Å². The summed E-state index contributed by atoms with van der Waals surface area (Å²) < 4.78 is 0. The van der Waals surface area contributed by atoms with Crippen molar-refractivity contribution in [2.24, 2.45) is 5.73 Å². The van der Waals surface area contributed by atoms with E-state index < -0.39 is 24.0 Å². The Morgan fingerprint density at radius 2 is 2.00 bits per heavy atom. The number of nitrogens with one attached hydrogen (secondary N) is 1. The molecule has 19 heavy (non-hydrogen) atoms. The van der Waals surface area contributed by atoms with Gasteiger partial charge in [-0.25, -0.2) is 4.79 Å². The van der Waals surface area contributed by atoms with Crippen molar-refractivity contribution in [3.63, 3.8) is 0 Å². The first-order valence-electron chi connectivity index (χ1n) is 5.98. The van der Waals surface area contributed by atoms with Crippen molar-refractivity contribution >= 4 is 11.9 Å². The van der Waals surface area contributed by atoms with Crippen molar-refractivity contribution in [2.45, 2.75) is 24.9 Å². The molecule has 0 aliphatic heterocycles. The maximum atomic E-state index is 11.7. The second kappa shape index (κ2) is 7.33. The van der Waals surface area contributed by atoms with Gasteiger partial charge in [0.25, 0.3) is 0 Å². The van der Waals surface area contributed by atoms with Crippen LogP contribution in [0.15, 0.2) is 43.0 Å². The summed E-state index contributed by atoms with van der Waals surface area (Å²) in [5.41, 5.74) is 6.43. The highest BCUT2D eigenvalue weighted by atomic mass is 16.4. The van der Waals surface area contributed by atoms with Gasteiger partial charge in [-0.1, -0.05) is 36.4 Å². The predicted octanol–water partition coefficient (Wildman–Crippen LogP) is 0.702. The Morgan fingerprint density at radius 3 is 2.53 bits per heavy atom. The first-order chi connectivity index (χ1) is 9.04. The molecule has 4 N–H and O–H groups in total. The Bertz CT molecular complexity index is 445. The van der Waals surface area contributed by atoms with E-state index in [1.807, 2.05) is 30.3 Å². The molecule has 1 aromatic rings. The van der Waals surface area contributed by atoms with Crippen LogP contribution in [0, 0.1) is 0 Å². The molecule has 0 spiro atoms. The summed E-state index contributed by atoms with van der Waals surface area (Å²) in [5, 5.41) is 11.6. The van der Waals surface area contributed by atoms with Crippen LogP contribution < -0.4 is 11.1 Å². The number of carboxylic acid groups (broad SMARTS) is 1. The lowest BCUT2D eigenvalue weighted by Gasteiger charge is -2.17. The van der Waals surface area contributed by atoms with Gasteiger partial charge in [-0.15, -0.1) is 6.58 Å². The number of hydrogen-bond acceptors (Lipinski definition) is 3. The Balaban J connectivity index is 2.66. The molecule has 2 atom stereocenters.